The molecule has 1 aliphatic carbocycles. The van der Waals surface area contributed by atoms with Crippen molar-refractivity contribution in [3.63, 3.8) is 0 Å². The molecule has 21 heavy (non-hydrogen) atoms. The number of rotatable bonds is 6. The minimum atomic E-state index is 0.702. The third-order valence-corrected chi connectivity index (χ3v) is 4.17. The second-order valence-corrected chi connectivity index (χ2v) is 6.01. The fraction of sp³-hybridized carbons (Fsp3) is 0.529. The molecule has 4 heteroatoms. The molecule has 1 atom stereocenters. The highest BCUT2D eigenvalue weighted by molar-refractivity contribution is 7.80. The molecule has 0 aliphatic heterocycles. The number of hydrogen-bond acceptors (Lipinski definition) is 2. The van der Waals surface area contributed by atoms with Crippen LogP contribution >= 0.6 is 12.2 Å². The Morgan fingerprint density at radius 1 is 1.48 bits per heavy atom. The summed E-state index contributed by atoms with van der Waals surface area (Å²) in [6, 6.07) is 4.10. The Morgan fingerprint density at radius 2 is 2.38 bits per heavy atom. The average molecular weight is 303 g/mol. The van der Waals surface area contributed by atoms with Crippen LogP contribution in [0.15, 0.2) is 36.7 Å². The number of thiocarbonyl (C=S) groups is 1. The zero-order chi connectivity index (χ0) is 14.9. The van der Waals surface area contributed by atoms with Gasteiger partial charge in [0.05, 0.1) is 0 Å². The number of pyridine rings is 1. The third-order valence-electron chi connectivity index (χ3n) is 3.77. The molecule has 1 N–H and O–H groups in total. The number of hydrogen-bond donors (Lipinski definition) is 1. The maximum Gasteiger partial charge on any atom is 0.169 e. The van der Waals surface area contributed by atoms with Crippen LogP contribution in [0, 0.1) is 5.92 Å². The van der Waals surface area contributed by atoms with Crippen molar-refractivity contribution in [2.75, 3.05) is 13.1 Å². The van der Waals surface area contributed by atoms with Crippen LogP contribution in [0.2, 0.25) is 0 Å². The molecular weight excluding hydrogens is 278 g/mol. The highest BCUT2D eigenvalue weighted by atomic mass is 32.1. The summed E-state index contributed by atoms with van der Waals surface area (Å²) in [6.07, 6.45) is 13.0. The maximum absolute atomic E-state index is 5.58. The van der Waals surface area contributed by atoms with Crippen molar-refractivity contribution >= 4 is 17.3 Å². The first kappa shape index (κ1) is 16.0. The fourth-order valence-corrected chi connectivity index (χ4v) is 2.85. The minimum Gasteiger partial charge on any atom is -0.363 e. The molecule has 1 aliphatic rings. The van der Waals surface area contributed by atoms with Crippen molar-refractivity contribution in [3.05, 3.63) is 42.2 Å². The van der Waals surface area contributed by atoms with Crippen LogP contribution in [0.1, 0.15) is 38.2 Å². The summed E-state index contributed by atoms with van der Waals surface area (Å²) in [5, 5.41) is 4.23. The lowest BCUT2D eigenvalue weighted by Gasteiger charge is -2.30. The van der Waals surface area contributed by atoms with Gasteiger partial charge in [0.15, 0.2) is 5.11 Å². The lowest BCUT2D eigenvalue weighted by Crippen LogP contribution is -2.42. The van der Waals surface area contributed by atoms with Gasteiger partial charge in [-0.25, -0.2) is 0 Å². The molecule has 0 spiro atoms. The van der Waals surface area contributed by atoms with E-state index in [-0.39, 0.29) is 0 Å². The summed E-state index contributed by atoms with van der Waals surface area (Å²) >= 11 is 5.58. The van der Waals surface area contributed by atoms with Crippen molar-refractivity contribution in [2.24, 2.45) is 5.92 Å². The quantitative estimate of drug-likeness (QED) is 0.643. The van der Waals surface area contributed by atoms with Crippen LogP contribution in [0.5, 0.6) is 0 Å². The number of nitrogens with zero attached hydrogens (tertiary/aromatic N) is 2. The summed E-state index contributed by atoms with van der Waals surface area (Å²) < 4.78 is 0. The summed E-state index contributed by atoms with van der Waals surface area (Å²) in [7, 11) is 0. The van der Waals surface area contributed by atoms with E-state index in [1.807, 2.05) is 18.5 Å². The molecule has 0 bridgehead atoms. The van der Waals surface area contributed by atoms with Crippen LogP contribution in [0.3, 0.4) is 0 Å². The van der Waals surface area contributed by atoms with Crippen LogP contribution in [0.25, 0.3) is 0 Å². The van der Waals surface area contributed by atoms with Crippen LogP contribution in [-0.2, 0) is 6.54 Å². The molecule has 1 heterocycles. The highest BCUT2D eigenvalue weighted by Crippen LogP contribution is 2.20. The molecule has 1 aromatic heterocycles. The van der Waals surface area contributed by atoms with Gasteiger partial charge in [-0.1, -0.05) is 25.1 Å². The predicted molar refractivity (Wildman–Crippen MR) is 92.0 cm³/mol. The molecule has 0 saturated carbocycles. The largest absolute Gasteiger partial charge is 0.363 e. The average Bonchev–Trinajstić information content (AvgIpc) is 2.54. The molecule has 0 fully saturated rings. The minimum absolute atomic E-state index is 0.702. The Balaban J connectivity index is 1.98. The van der Waals surface area contributed by atoms with Gasteiger partial charge in [-0.3, -0.25) is 4.98 Å². The molecule has 1 aromatic rings. The zero-order valence-electron chi connectivity index (χ0n) is 12.8. The third kappa shape index (κ3) is 5.46. The lowest BCUT2D eigenvalue weighted by atomic mass is 9.94. The number of aromatic nitrogens is 1. The van der Waals surface area contributed by atoms with E-state index in [1.54, 1.807) is 0 Å². The van der Waals surface area contributed by atoms with Gasteiger partial charge in [0, 0.05) is 32.0 Å². The Kier molecular flexibility index (Phi) is 6.67. The van der Waals surface area contributed by atoms with E-state index in [0.717, 1.165) is 31.2 Å². The van der Waals surface area contributed by atoms with E-state index in [9.17, 15) is 0 Å². The van der Waals surface area contributed by atoms with Gasteiger partial charge in [0.1, 0.15) is 0 Å². The van der Waals surface area contributed by atoms with Crippen molar-refractivity contribution in [2.45, 2.75) is 39.2 Å². The molecule has 0 saturated heterocycles. The van der Waals surface area contributed by atoms with E-state index in [2.05, 4.69) is 40.3 Å². The number of nitrogens with one attached hydrogen (secondary N) is 1. The first-order chi connectivity index (χ1) is 10.3. The van der Waals surface area contributed by atoms with Crippen molar-refractivity contribution < 1.29 is 0 Å². The monoisotopic (exact) mass is 303 g/mol. The Bertz CT molecular complexity index is 458. The molecule has 0 amide bonds. The SMILES string of the molecule is CCCNC(=S)N(Cc1cccnc1)C[C@@H]1CC=CCC1. The number of allylic oxidation sites excluding steroid dienone is 2. The van der Waals surface area contributed by atoms with Gasteiger partial charge in [-0.15, -0.1) is 0 Å². The summed E-state index contributed by atoms with van der Waals surface area (Å²) in [4.78, 5) is 6.50. The Hall–Kier alpha value is -1.42. The van der Waals surface area contributed by atoms with Gasteiger partial charge >= 0.3 is 0 Å². The smallest absolute Gasteiger partial charge is 0.169 e. The van der Waals surface area contributed by atoms with Crippen LogP contribution in [0.4, 0.5) is 0 Å². The molecule has 0 unspecified atom stereocenters. The fourth-order valence-electron chi connectivity index (χ4n) is 2.61. The van der Waals surface area contributed by atoms with Crippen LogP contribution in [-0.4, -0.2) is 28.1 Å². The highest BCUT2D eigenvalue weighted by Gasteiger charge is 2.17. The Morgan fingerprint density at radius 3 is 3.05 bits per heavy atom. The summed E-state index contributed by atoms with van der Waals surface area (Å²) in [5.41, 5.74) is 1.21. The van der Waals surface area contributed by atoms with E-state index in [0.29, 0.717) is 5.92 Å². The first-order valence-electron chi connectivity index (χ1n) is 7.86. The second kappa shape index (κ2) is 8.78. The molecule has 3 nitrogen and oxygen atoms in total. The standard InChI is InChI=1S/C17H25N3S/c1-2-10-19-17(21)20(13-15-7-4-3-5-8-15)14-16-9-6-11-18-12-16/h3-4,6,9,11-12,15H,2,5,7-8,10,13-14H2,1H3,(H,19,21)/t15-/m1/s1. The molecule has 114 valence electrons. The normalized spacial score (nSPS) is 17.5. The maximum atomic E-state index is 5.58. The van der Waals surface area contributed by atoms with Gasteiger partial charge in [-0.2, -0.15) is 0 Å². The summed E-state index contributed by atoms with van der Waals surface area (Å²) in [6.45, 7) is 4.96. The van der Waals surface area contributed by atoms with E-state index in [1.165, 1.54) is 24.8 Å². The molecular formula is C17H25N3S. The topological polar surface area (TPSA) is 28.2 Å². The van der Waals surface area contributed by atoms with Gasteiger partial charge in [0.2, 0.25) is 0 Å². The zero-order valence-corrected chi connectivity index (χ0v) is 13.6. The van der Waals surface area contributed by atoms with Crippen molar-refractivity contribution in [1.29, 1.82) is 0 Å². The predicted octanol–water partition coefficient (Wildman–Crippen LogP) is 3.52. The Labute approximate surface area is 133 Å². The van der Waals surface area contributed by atoms with Crippen LogP contribution < -0.4 is 5.32 Å². The van der Waals surface area contributed by atoms with E-state index in [4.69, 9.17) is 12.2 Å². The summed E-state index contributed by atoms with van der Waals surface area (Å²) in [5.74, 6) is 0.702. The van der Waals surface area contributed by atoms with Crippen molar-refractivity contribution in [3.8, 4) is 0 Å². The lowest BCUT2D eigenvalue weighted by molar-refractivity contribution is 0.312. The van der Waals surface area contributed by atoms with E-state index < -0.39 is 0 Å². The van der Waals surface area contributed by atoms with Gasteiger partial charge in [0.25, 0.3) is 0 Å². The molecule has 2 rings (SSSR count). The molecule has 0 aromatic carbocycles. The van der Waals surface area contributed by atoms with Gasteiger partial charge < -0.3 is 10.2 Å². The van der Waals surface area contributed by atoms with E-state index >= 15 is 0 Å². The second-order valence-electron chi connectivity index (χ2n) is 5.62. The van der Waals surface area contributed by atoms with Crippen molar-refractivity contribution in [1.82, 2.24) is 15.2 Å². The van der Waals surface area contributed by atoms with Gasteiger partial charge in [-0.05, 0) is 55.4 Å². The first-order valence-corrected chi connectivity index (χ1v) is 8.27. The molecule has 0 radical (unpaired) electrons.